The SMILES string of the molecule is CCCC[S+]([O-])N[C@]1(C(F)(F)/C=C(\F)C(=O)OCC)Cc2ccccc21. The molecule has 144 valence electrons. The van der Waals surface area contributed by atoms with Crippen molar-refractivity contribution in [3.63, 3.8) is 0 Å². The lowest BCUT2D eigenvalue weighted by molar-refractivity contribution is -0.140. The third kappa shape index (κ3) is 4.07. The fraction of sp³-hybridized carbons (Fsp3) is 0.500. The van der Waals surface area contributed by atoms with E-state index in [1.807, 2.05) is 6.92 Å². The zero-order chi connectivity index (χ0) is 19.4. The van der Waals surface area contributed by atoms with Crippen LogP contribution in [-0.4, -0.2) is 28.8 Å². The van der Waals surface area contributed by atoms with Gasteiger partial charge in [-0.3, -0.25) is 0 Å². The zero-order valence-electron chi connectivity index (χ0n) is 14.7. The minimum atomic E-state index is -3.78. The first-order valence-corrected chi connectivity index (χ1v) is 9.77. The number of hydrogen-bond donors (Lipinski definition) is 1. The standard InChI is InChI=1S/C18H22F3NO3S/c1-3-5-10-26(24)22-17(11-13-8-6-7-9-14(13)17)18(20,21)12-15(19)16(23)25-4-2/h6-9,12,22H,3-5,10-11H2,1-2H3/b15-12-/t17-,26?/m1/s1. The maximum absolute atomic E-state index is 15.0. The Kier molecular flexibility index (Phi) is 6.76. The lowest BCUT2D eigenvalue weighted by atomic mass is 9.67. The number of benzene rings is 1. The molecule has 0 fully saturated rings. The van der Waals surface area contributed by atoms with Crippen molar-refractivity contribution in [1.29, 1.82) is 0 Å². The summed E-state index contributed by atoms with van der Waals surface area (Å²) in [7, 11) is 0. The number of halogens is 3. The van der Waals surface area contributed by atoms with Crippen LogP contribution in [0.3, 0.4) is 0 Å². The van der Waals surface area contributed by atoms with E-state index in [1.165, 1.54) is 13.0 Å². The summed E-state index contributed by atoms with van der Waals surface area (Å²) in [5.74, 6) is -6.68. The highest BCUT2D eigenvalue weighted by Crippen LogP contribution is 2.50. The van der Waals surface area contributed by atoms with Crippen LogP contribution in [0.5, 0.6) is 0 Å². The van der Waals surface area contributed by atoms with E-state index in [0.29, 0.717) is 12.0 Å². The van der Waals surface area contributed by atoms with Crippen molar-refractivity contribution in [3.05, 3.63) is 47.3 Å². The van der Waals surface area contributed by atoms with Gasteiger partial charge in [-0.25, -0.2) is 4.79 Å². The molecule has 0 radical (unpaired) electrons. The highest BCUT2D eigenvalue weighted by Gasteiger charge is 2.62. The molecule has 0 heterocycles. The van der Waals surface area contributed by atoms with Crippen LogP contribution in [0.15, 0.2) is 36.2 Å². The molecule has 2 rings (SSSR count). The number of hydrogen-bond acceptors (Lipinski definition) is 4. The molecule has 4 nitrogen and oxygen atoms in total. The van der Waals surface area contributed by atoms with Crippen molar-refractivity contribution in [2.75, 3.05) is 12.4 Å². The van der Waals surface area contributed by atoms with Crippen molar-refractivity contribution in [1.82, 2.24) is 4.72 Å². The van der Waals surface area contributed by atoms with E-state index in [2.05, 4.69) is 9.46 Å². The summed E-state index contributed by atoms with van der Waals surface area (Å²) in [6.07, 6.45) is 1.21. The average Bonchev–Trinajstić information content (AvgIpc) is 2.57. The molecule has 0 aliphatic heterocycles. The van der Waals surface area contributed by atoms with Crippen LogP contribution in [0.25, 0.3) is 0 Å². The van der Waals surface area contributed by atoms with Crippen molar-refractivity contribution >= 4 is 17.3 Å². The predicted molar refractivity (Wildman–Crippen MR) is 93.6 cm³/mol. The topological polar surface area (TPSA) is 61.4 Å². The number of carbonyl (C=O) groups is 1. The van der Waals surface area contributed by atoms with Crippen molar-refractivity contribution in [2.45, 2.75) is 44.6 Å². The summed E-state index contributed by atoms with van der Waals surface area (Å²) in [5.41, 5.74) is -1.11. The Hall–Kier alpha value is -1.51. The van der Waals surface area contributed by atoms with Gasteiger partial charge in [0.2, 0.25) is 5.83 Å². The van der Waals surface area contributed by atoms with E-state index in [0.717, 1.165) is 6.42 Å². The van der Waals surface area contributed by atoms with Gasteiger partial charge in [0.1, 0.15) is 5.75 Å². The lowest BCUT2D eigenvalue weighted by Gasteiger charge is -2.47. The largest absolute Gasteiger partial charge is 0.598 e. The second-order valence-electron chi connectivity index (χ2n) is 6.08. The van der Waals surface area contributed by atoms with Gasteiger partial charge in [0.15, 0.2) is 5.54 Å². The second kappa shape index (κ2) is 8.45. The van der Waals surface area contributed by atoms with Gasteiger partial charge in [0.25, 0.3) is 5.92 Å². The summed E-state index contributed by atoms with van der Waals surface area (Å²) in [5, 5.41) is 0. The molecule has 2 atom stereocenters. The fourth-order valence-electron chi connectivity index (χ4n) is 2.88. The highest BCUT2D eigenvalue weighted by atomic mass is 32.2. The van der Waals surface area contributed by atoms with Crippen LogP contribution < -0.4 is 4.72 Å². The number of rotatable bonds is 9. The maximum Gasteiger partial charge on any atom is 0.367 e. The molecule has 1 unspecified atom stereocenters. The first kappa shape index (κ1) is 20.8. The summed E-state index contributed by atoms with van der Waals surface area (Å²) in [4.78, 5) is 11.4. The van der Waals surface area contributed by atoms with Gasteiger partial charge in [-0.15, -0.1) is 4.72 Å². The predicted octanol–water partition coefficient (Wildman–Crippen LogP) is 3.54. The first-order valence-electron chi connectivity index (χ1n) is 8.45. The number of carbonyl (C=O) groups excluding carboxylic acids is 1. The number of esters is 1. The number of unbranched alkanes of at least 4 members (excludes halogenated alkanes) is 1. The molecule has 1 aliphatic carbocycles. The van der Waals surface area contributed by atoms with Crippen LogP contribution in [0, 0.1) is 0 Å². The molecule has 1 aromatic carbocycles. The third-order valence-corrected chi connectivity index (χ3v) is 5.49. The van der Waals surface area contributed by atoms with Crippen molar-refractivity contribution in [3.8, 4) is 0 Å². The molecule has 1 N–H and O–H groups in total. The Bertz CT molecular complexity index is 683. The smallest absolute Gasteiger partial charge is 0.367 e. The molecule has 1 aromatic rings. The molecule has 0 amide bonds. The normalized spacial score (nSPS) is 20.9. The van der Waals surface area contributed by atoms with Gasteiger partial charge in [-0.2, -0.15) is 13.2 Å². The van der Waals surface area contributed by atoms with Gasteiger partial charge >= 0.3 is 5.97 Å². The van der Waals surface area contributed by atoms with Gasteiger partial charge in [0.05, 0.1) is 6.61 Å². The van der Waals surface area contributed by atoms with Crippen molar-refractivity contribution in [2.24, 2.45) is 0 Å². The minimum Gasteiger partial charge on any atom is -0.598 e. The summed E-state index contributed by atoms with van der Waals surface area (Å²) >= 11 is -1.72. The monoisotopic (exact) mass is 389 g/mol. The molecule has 1 aliphatic rings. The van der Waals surface area contributed by atoms with E-state index in [4.69, 9.17) is 0 Å². The van der Waals surface area contributed by atoms with Crippen molar-refractivity contribution < 1.29 is 27.3 Å². The molecular weight excluding hydrogens is 367 g/mol. The zero-order valence-corrected chi connectivity index (χ0v) is 15.5. The van der Waals surface area contributed by atoms with Crippen LogP contribution in [0.4, 0.5) is 13.2 Å². The van der Waals surface area contributed by atoms with Gasteiger partial charge in [-0.1, -0.05) is 37.6 Å². The summed E-state index contributed by atoms with van der Waals surface area (Å²) in [6.45, 7) is 3.22. The number of alkyl halides is 2. The van der Waals surface area contributed by atoms with E-state index in [9.17, 15) is 13.7 Å². The lowest BCUT2D eigenvalue weighted by Crippen LogP contribution is -2.63. The first-order chi connectivity index (χ1) is 12.3. The minimum absolute atomic E-state index is 0.0368. The van der Waals surface area contributed by atoms with Crippen LogP contribution >= 0.6 is 0 Å². The second-order valence-corrected chi connectivity index (χ2v) is 7.38. The molecular formula is C18H22F3NO3S. The fourth-order valence-corrected chi connectivity index (χ4v) is 4.24. The quantitative estimate of drug-likeness (QED) is 0.399. The van der Waals surface area contributed by atoms with Gasteiger partial charge in [0, 0.05) is 23.9 Å². The molecule has 0 saturated carbocycles. The number of fused-ring (bicyclic) bond motifs is 1. The Morgan fingerprint density at radius 2 is 2.12 bits per heavy atom. The molecule has 0 spiro atoms. The summed E-state index contributed by atoms with van der Waals surface area (Å²) in [6, 6.07) is 6.48. The maximum atomic E-state index is 15.0. The molecule has 0 aromatic heterocycles. The van der Waals surface area contributed by atoms with E-state index in [-0.39, 0.29) is 30.4 Å². The van der Waals surface area contributed by atoms with E-state index >= 15 is 8.78 Å². The van der Waals surface area contributed by atoms with Crippen LogP contribution in [0.2, 0.25) is 0 Å². The number of ether oxygens (including phenoxy) is 1. The Labute approximate surface area is 154 Å². The van der Waals surface area contributed by atoms with Gasteiger partial charge in [-0.05, 0) is 24.5 Å². The molecule has 26 heavy (non-hydrogen) atoms. The third-order valence-electron chi connectivity index (χ3n) is 4.25. The average molecular weight is 389 g/mol. The Balaban J connectivity index is 2.36. The van der Waals surface area contributed by atoms with Gasteiger partial charge < -0.3 is 9.29 Å². The highest BCUT2D eigenvalue weighted by molar-refractivity contribution is 7.89. The Morgan fingerprint density at radius 3 is 2.73 bits per heavy atom. The number of nitrogens with one attached hydrogen (secondary N) is 1. The molecule has 0 bridgehead atoms. The van der Waals surface area contributed by atoms with E-state index in [1.54, 1.807) is 18.2 Å². The van der Waals surface area contributed by atoms with E-state index < -0.39 is 34.6 Å². The Morgan fingerprint density at radius 1 is 1.42 bits per heavy atom. The van der Waals surface area contributed by atoms with Crippen LogP contribution in [-0.2, 0) is 32.9 Å². The summed E-state index contributed by atoms with van der Waals surface area (Å²) < 4.78 is 63.1. The molecule has 8 heteroatoms. The van der Waals surface area contributed by atoms with Crippen LogP contribution in [0.1, 0.15) is 37.8 Å². The molecule has 0 saturated heterocycles.